The van der Waals surface area contributed by atoms with Crippen LogP contribution in [0, 0.1) is 11.7 Å². The van der Waals surface area contributed by atoms with Gasteiger partial charge in [-0.1, -0.05) is 13.8 Å². The number of pyridine rings is 1. The second kappa shape index (κ2) is 8.42. The van der Waals surface area contributed by atoms with Crippen LogP contribution in [0.4, 0.5) is 4.39 Å². The van der Waals surface area contributed by atoms with E-state index >= 15 is 0 Å². The molecule has 0 N–H and O–H groups in total. The Morgan fingerprint density at radius 1 is 1.13 bits per heavy atom. The number of ether oxygens (including phenoxy) is 1. The number of rotatable bonds is 8. The van der Waals surface area contributed by atoms with Crippen LogP contribution in [0.2, 0.25) is 0 Å². The average molecular weight is 315 g/mol. The first-order valence-electron chi connectivity index (χ1n) is 7.88. The van der Waals surface area contributed by atoms with E-state index in [1.807, 2.05) is 32.0 Å². The van der Waals surface area contributed by atoms with Gasteiger partial charge in [0.1, 0.15) is 18.2 Å². The summed E-state index contributed by atoms with van der Waals surface area (Å²) in [6.45, 7) is 3.63. The molecule has 1 aromatic carbocycles. The fourth-order valence-corrected chi connectivity index (χ4v) is 2.22. The first-order valence-corrected chi connectivity index (χ1v) is 7.88. The fourth-order valence-electron chi connectivity index (χ4n) is 2.22. The molecule has 0 fully saturated rings. The maximum absolute atomic E-state index is 13.7. The minimum absolute atomic E-state index is 0.00787. The summed E-state index contributed by atoms with van der Waals surface area (Å²) in [7, 11) is 0. The molecule has 0 aliphatic heterocycles. The van der Waals surface area contributed by atoms with Crippen molar-refractivity contribution in [2.45, 2.75) is 33.1 Å². The lowest BCUT2D eigenvalue weighted by atomic mass is 10.0. The molecule has 3 nitrogen and oxygen atoms in total. The topological polar surface area (TPSA) is 39.2 Å². The third kappa shape index (κ3) is 5.81. The molecule has 2 aromatic rings. The number of hydrogen-bond donors (Lipinski definition) is 0. The van der Waals surface area contributed by atoms with E-state index in [9.17, 15) is 9.18 Å². The zero-order valence-electron chi connectivity index (χ0n) is 13.6. The van der Waals surface area contributed by atoms with Gasteiger partial charge in [0.2, 0.25) is 0 Å². The summed E-state index contributed by atoms with van der Waals surface area (Å²) in [6, 6.07) is 8.61. The smallest absolute Gasteiger partial charge is 0.172 e. The van der Waals surface area contributed by atoms with E-state index in [4.69, 9.17) is 4.74 Å². The maximum atomic E-state index is 13.7. The summed E-state index contributed by atoms with van der Waals surface area (Å²) >= 11 is 0. The van der Waals surface area contributed by atoms with Crippen molar-refractivity contribution in [1.29, 1.82) is 0 Å². The molecule has 122 valence electrons. The number of ketones is 1. The molecule has 0 amide bonds. The van der Waals surface area contributed by atoms with Gasteiger partial charge in [-0.15, -0.1) is 0 Å². The molecule has 0 atom stereocenters. The van der Waals surface area contributed by atoms with Gasteiger partial charge in [0, 0.05) is 24.4 Å². The van der Waals surface area contributed by atoms with Crippen molar-refractivity contribution < 1.29 is 13.9 Å². The number of benzene rings is 1. The standard InChI is InChI=1S/C19H22FNO2/c1-14(2)19(22)13-23-18-11-16(10-17(20)12-18)5-3-4-15-6-8-21-9-7-15/h6-12,14H,3-5,13H2,1-2H3. The first kappa shape index (κ1) is 17.1. The predicted molar refractivity (Wildman–Crippen MR) is 88.0 cm³/mol. The van der Waals surface area contributed by atoms with Gasteiger partial charge >= 0.3 is 0 Å². The van der Waals surface area contributed by atoms with Crippen molar-refractivity contribution in [2.24, 2.45) is 5.92 Å². The highest BCUT2D eigenvalue weighted by Crippen LogP contribution is 2.18. The van der Waals surface area contributed by atoms with Crippen LogP contribution < -0.4 is 4.74 Å². The Balaban J connectivity index is 1.90. The summed E-state index contributed by atoms with van der Waals surface area (Å²) in [5.74, 6) is 0.00760. The van der Waals surface area contributed by atoms with Crippen molar-refractivity contribution in [3.63, 3.8) is 0 Å². The van der Waals surface area contributed by atoms with Crippen molar-refractivity contribution >= 4 is 5.78 Å². The molecular weight excluding hydrogens is 293 g/mol. The Labute approximate surface area is 136 Å². The highest BCUT2D eigenvalue weighted by Gasteiger charge is 2.09. The minimum atomic E-state index is -0.335. The van der Waals surface area contributed by atoms with Crippen molar-refractivity contribution in [3.8, 4) is 5.75 Å². The number of hydrogen-bond acceptors (Lipinski definition) is 3. The van der Waals surface area contributed by atoms with Crippen molar-refractivity contribution in [3.05, 3.63) is 59.7 Å². The van der Waals surface area contributed by atoms with Gasteiger partial charge in [-0.05, 0) is 54.7 Å². The number of carbonyl (C=O) groups is 1. The van der Waals surface area contributed by atoms with Crippen LogP contribution in [-0.2, 0) is 17.6 Å². The summed E-state index contributed by atoms with van der Waals surface area (Å²) in [5, 5.41) is 0. The minimum Gasteiger partial charge on any atom is -0.486 e. The molecule has 4 heteroatoms. The lowest BCUT2D eigenvalue weighted by molar-refractivity contribution is -0.123. The van der Waals surface area contributed by atoms with Gasteiger partial charge in [-0.2, -0.15) is 0 Å². The van der Waals surface area contributed by atoms with Crippen LogP contribution in [0.5, 0.6) is 5.75 Å². The normalized spacial score (nSPS) is 10.8. The number of aromatic nitrogens is 1. The molecule has 0 aliphatic rings. The molecule has 0 unspecified atom stereocenters. The van der Waals surface area contributed by atoms with Gasteiger partial charge < -0.3 is 4.74 Å². The van der Waals surface area contributed by atoms with E-state index < -0.39 is 0 Å². The van der Waals surface area contributed by atoms with Crippen LogP contribution in [0.15, 0.2) is 42.7 Å². The van der Waals surface area contributed by atoms with E-state index in [0.29, 0.717) is 5.75 Å². The molecular formula is C19H22FNO2. The van der Waals surface area contributed by atoms with E-state index in [2.05, 4.69) is 4.98 Å². The summed E-state index contributed by atoms with van der Waals surface area (Å²) in [5.41, 5.74) is 2.10. The lowest BCUT2D eigenvalue weighted by Crippen LogP contribution is -2.16. The number of nitrogens with zero attached hydrogens (tertiary/aromatic N) is 1. The Hall–Kier alpha value is -2.23. The number of Topliss-reactive ketones (excluding diaryl/α,β-unsaturated/α-hetero) is 1. The molecule has 0 aliphatic carbocycles. The van der Waals surface area contributed by atoms with E-state index in [1.54, 1.807) is 12.4 Å². The van der Waals surface area contributed by atoms with Crippen LogP contribution in [-0.4, -0.2) is 17.4 Å². The van der Waals surface area contributed by atoms with Crippen LogP contribution in [0.3, 0.4) is 0 Å². The second-order valence-electron chi connectivity index (χ2n) is 5.91. The summed E-state index contributed by atoms with van der Waals surface area (Å²) in [6.07, 6.45) is 6.14. The molecule has 1 heterocycles. The number of aryl methyl sites for hydroxylation is 2. The van der Waals surface area contributed by atoms with E-state index in [-0.39, 0.29) is 24.1 Å². The zero-order valence-corrected chi connectivity index (χ0v) is 13.6. The Bertz CT molecular complexity index is 641. The summed E-state index contributed by atoms with van der Waals surface area (Å²) < 4.78 is 19.1. The van der Waals surface area contributed by atoms with Gasteiger partial charge in [0.25, 0.3) is 0 Å². The Morgan fingerprint density at radius 3 is 2.52 bits per heavy atom. The van der Waals surface area contributed by atoms with E-state index in [0.717, 1.165) is 24.8 Å². The van der Waals surface area contributed by atoms with Crippen molar-refractivity contribution in [1.82, 2.24) is 4.98 Å². The molecule has 0 radical (unpaired) electrons. The zero-order chi connectivity index (χ0) is 16.7. The van der Waals surface area contributed by atoms with Gasteiger partial charge in [0.05, 0.1) is 0 Å². The molecule has 0 saturated carbocycles. The number of halogens is 1. The third-order valence-electron chi connectivity index (χ3n) is 3.64. The molecule has 23 heavy (non-hydrogen) atoms. The third-order valence-corrected chi connectivity index (χ3v) is 3.64. The molecule has 0 bridgehead atoms. The predicted octanol–water partition coefficient (Wildman–Crippen LogP) is 4.00. The fraction of sp³-hybridized carbons (Fsp3) is 0.368. The van der Waals surface area contributed by atoms with Crippen LogP contribution in [0.25, 0.3) is 0 Å². The van der Waals surface area contributed by atoms with Gasteiger partial charge in [0.15, 0.2) is 5.78 Å². The van der Waals surface area contributed by atoms with Gasteiger partial charge in [-0.25, -0.2) is 4.39 Å². The first-order chi connectivity index (χ1) is 11.0. The molecule has 0 saturated heterocycles. The van der Waals surface area contributed by atoms with Crippen LogP contribution in [0.1, 0.15) is 31.4 Å². The summed E-state index contributed by atoms with van der Waals surface area (Å²) in [4.78, 5) is 15.6. The van der Waals surface area contributed by atoms with E-state index in [1.165, 1.54) is 17.7 Å². The SMILES string of the molecule is CC(C)C(=O)COc1cc(F)cc(CCCc2ccncc2)c1. The maximum Gasteiger partial charge on any atom is 0.172 e. The molecule has 1 aromatic heterocycles. The highest BCUT2D eigenvalue weighted by molar-refractivity contribution is 5.81. The average Bonchev–Trinajstić information content (AvgIpc) is 2.53. The van der Waals surface area contributed by atoms with Crippen molar-refractivity contribution in [2.75, 3.05) is 6.61 Å². The molecule has 0 spiro atoms. The lowest BCUT2D eigenvalue weighted by Gasteiger charge is -2.09. The molecule has 2 rings (SSSR count). The van der Waals surface area contributed by atoms with Gasteiger partial charge in [-0.3, -0.25) is 9.78 Å². The number of carbonyl (C=O) groups excluding carboxylic acids is 1. The van der Waals surface area contributed by atoms with Crippen LogP contribution >= 0.6 is 0 Å². The Kier molecular flexibility index (Phi) is 6.27. The Morgan fingerprint density at radius 2 is 1.83 bits per heavy atom. The monoisotopic (exact) mass is 315 g/mol. The second-order valence-corrected chi connectivity index (χ2v) is 5.91. The largest absolute Gasteiger partial charge is 0.486 e. The highest BCUT2D eigenvalue weighted by atomic mass is 19.1. The quantitative estimate of drug-likeness (QED) is 0.739.